The van der Waals surface area contributed by atoms with E-state index in [9.17, 15) is 9.59 Å². The van der Waals surface area contributed by atoms with Gasteiger partial charge in [-0.2, -0.15) is 5.10 Å². The fourth-order valence-corrected chi connectivity index (χ4v) is 5.67. The van der Waals surface area contributed by atoms with Crippen molar-refractivity contribution in [3.63, 3.8) is 0 Å². The molecule has 0 fully saturated rings. The van der Waals surface area contributed by atoms with Crippen LogP contribution in [0.5, 0.6) is 5.75 Å². The lowest BCUT2D eigenvalue weighted by atomic mass is 9.89. The van der Waals surface area contributed by atoms with Gasteiger partial charge in [-0.25, -0.2) is 10.4 Å². The summed E-state index contributed by atoms with van der Waals surface area (Å²) >= 11 is 5.02. The van der Waals surface area contributed by atoms with E-state index in [1.165, 1.54) is 22.0 Å². The Kier molecular flexibility index (Phi) is 6.24. The van der Waals surface area contributed by atoms with E-state index in [4.69, 9.17) is 4.74 Å². The van der Waals surface area contributed by atoms with Crippen LogP contribution in [0.25, 0.3) is 10.2 Å². The highest BCUT2D eigenvalue weighted by atomic mass is 79.9. The number of aryl methyl sites for hydroxylation is 1. The fourth-order valence-electron chi connectivity index (χ4n) is 3.77. The number of methoxy groups -OCH3 is 1. The number of rotatable bonds is 5. The first-order valence-corrected chi connectivity index (χ1v) is 11.7. The maximum atomic E-state index is 13.2. The molecule has 0 spiro atoms. The van der Waals surface area contributed by atoms with Crippen LogP contribution in [0, 0.1) is 5.92 Å². The summed E-state index contributed by atoms with van der Waals surface area (Å²) in [5.41, 5.74) is 4.25. The zero-order chi connectivity index (χ0) is 22.1. The summed E-state index contributed by atoms with van der Waals surface area (Å²) in [5, 5.41) is 4.69. The number of ether oxygens (including phenoxy) is 1. The first kappa shape index (κ1) is 21.7. The second kappa shape index (κ2) is 8.92. The van der Waals surface area contributed by atoms with Crippen LogP contribution in [0.3, 0.4) is 0 Å². The van der Waals surface area contributed by atoms with Crippen molar-refractivity contribution in [2.75, 3.05) is 7.11 Å². The lowest BCUT2D eigenvalue weighted by molar-refractivity contribution is -0.123. The van der Waals surface area contributed by atoms with Gasteiger partial charge in [-0.15, -0.1) is 11.3 Å². The predicted octanol–water partition coefficient (Wildman–Crippen LogP) is 4.07. The van der Waals surface area contributed by atoms with Crippen molar-refractivity contribution in [2.24, 2.45) is 11.0 Å². The molecule has 1 aliphatic rings. The van der Waals surface area contributed by atoms with Crippen molar-refractivity contribution in [3.05, 3.63) is 55.4 Å². The van der Waals surface area contributed by atoms with Gasteiger partial charge >= 0.3 is 0 Å². The van der Waals surface area contributed by atoms with Gasteiger partial charge in [-0.05, 0) is 77.4 Å². The van der Waals surface area contributed by atoms with E-state index in [0.29, 0.717) is 17.1 Å². The number of aromatic nitrogens is 2. The van der Waals surface area contributed by atoms with Gasteiger partial charge < -0.3 is 4.74 Å². The van der Waals surface area contributed by atoms with Gasteiger partial charge in [0.1, 0.15) is 16.6 Å². The Morgan fingerprint density at radius 2 is 2.29 bits per heavy atom. The Bertz CT molecular complexity index is 1230. The van der Waals surface area contributed by atoms with Crippen LogP contribution in [0.4, 0.5) is 0 Å². The molecule has 0 radical (unpaired) electrons. The molecule has 31 heavy (non-hydrogen) atoms. The van der Waals surface area contributed by atoms with Crippen LogP contribution < -0.4 is 15.7 Å². The molecule has 3 aromatic rings. The minimum atomic E-state index is -0.734. The van der Waals surface area contributed by atoms with Crippen LogP contribution in [-0.2, 0) is 17.6 Å². The molecule has 0 saturated heterocycles. The Hall–Kier alpha value is -2.52. The second-order valence-corrected chi connectivity index (χ2v) is 9.73. The van der Waals surface area contributed by atoms with E-state index in [0.717, 1.165) is 39.7 Å². The maximum absolute atomic E-state index is 13.2. The highest BCUT2D eigenvalue weighted by Gasteiger charge is 2.25. The first-order chi connectivity index (χ1) is 14.9. The highest BCUT2D eigenvalue weighted by molar-refractivity contribution is 9.10. The molecular formula is C22H23BrN4O3S. The number of benzene rings is 1. The second-order valence-electron chi connectivity index (χ2n) is 7.79. The number of carbonyl (C=O) groups excluding carboxylic acids is 1. The molecule has 2 heterocycles. The molecule has 4 rings (SSSR count). The van der Waals surface area contributed by atoms with Crippen molar-refractivity contribution < 1.29 is 9.53 Å². The summed E-state index contributed by atoms with van der Waals surface area (Å²) in [4.78, 5) is 32.3. The van der Waals surface area contributed by atoms with Crippen molar-refractivity contribution in [1.29, 1.82) is 0 Å². The summed E-state index contributed by atoms with van der Waals surface area (Å²) in [5.74, 6) is 0.948. The molecule has 162 valence electrons. The SMILES string of the molecule is COc1ccc(C=NNC(=O)[C@H](C)n2cnc3sc4c(c3c2=O)CC[C@@H](C)C4)cc1Br. The molecule has 1 aliphatic carbocycles. The highest BCUT2D eigenvalue weighted by Crippen LogP contribution is 2.35. The third-order valence-corrected chi connectivity index (χ3v) is 7.38. The number of fused-ring (bicyclic) bond motifs is 3. The van der Waals surface area contributed by atoms with Gasteiger partial charge in [0.15, 0.2) is 0 Å². The average Bonchev–Trinajstić information content (AvgIpc) is 3.12. The summed E-state index contributed by atoms with van der Waals surface area (Å²) < 4.78 is 7.38. The molecule has 1 N–H and O–H groups in total. The Balaban J connectivity index is 1.53. The minimum Gasteiger partial charge on any atom is -0.496 e. The van der Waals surface area contributed by atoms with Crippen molar-refractivity contribution in [2.45, 2.75) is 39.2 Å². The van der Waals surface area contributed by atoms with E-state index in [1.54, 1.807) is 31.4 Å². The number of nitrogens with zero attached hydrogens (tertiary/aromatic N) is 3. The molecule has 7 nitrogen and oxygen atoms in total. The van der Waals surface area contributed by atoms with Gasteiger partial charge in [-0.1, -0.05) is 6.92 Å². The molecule has 0 aliphatic heterocycles. The summed E-state index contributed by atoms with van der Waals surface area (Å²) in [6.07, 6.45) is 5.95. The molecule has 0 saturated carbocycles. The van der Waals surface area contributed by atoms with E-state index in [2.05, 4.69) is 38.4 Å². The van der Waals surface area contributed by atoms with E-state index < -0.39 is 6.04 Å². The number of hydrogen-bond acceptors (Lipinski definition) is 6. The topological polar surface area (TPSA) is 85.6 Å². The number of carbonyl (C=O) groups is 1. The number of hydrogen-bond donors (Lipinski definition) is 1. The lowest BCUT2D eigenvalue weighted by Crippen LogP contribution is -2.34. The Morgan fingerprint density at radius 3 is 3.03 bits per heavy atom. The largest absolute Gasteiger partial charge is 0.496 e. The van der Waals surface area contributed by atoms with Gasteiger partial charge in [0.25, 0.3) is 11.5 Å². The minimum absolute atomic E-state index is 0.164. The third-order valence-electron chi connectivity index (χ3n) is 5.60. The Morgan fingerprint density at radius 1 is 1.48 bits per heavy atom. The van der Waals surface area contributed by atoms with Crippen LogP contribution in [0.15, 0.2) is 38.9 Å². The van der Waals surface area contributed by atoms with Crippen LogP contribution in [-0.4, -0.2) is 28.8 Å². The van der Waals surface area contributed by atoms with Gasteiger partial charge in [-0.3, -0.25) is 14.2 Å². The van der Waals surface area contributed by atoms with Gasteiger partial charge in [0.05, 0.1) is 29.5 Å². The van der Waals surface area contributed by atoms with Crippen LogP contribution in [0.2, 0.25) is 0 Å². The summed E-state index contributed by atoms with van der Waals surface area (Å²) in [6, 6.07) is 4.73. The van der Waals surface area contributed by atoms with Crippen molar-refractivity contribution in [1.82, 2.24) is 15.0 Å². The van der Waals surface area contributed by atoms with Gasteiger partial charge in [0, 0.05) is 4.88 Å². The molecule has 1 aromatic carbocycles. The molecule has 2 aromatic heterocycles. The van der Waals surface area contributed by atoms with Crippen LogP contribution >= 0.6 is 27.3 Å². The summed E-state index contributed by atoms with van der Waals surface area (Å²) in [6.45, 7) is 3.90. The number of nitrogens with one attached hydrogen (secondary N) is 1. The molecule has 1 amide bonds. The van der Waals surface area contributed by atoms with Gasteiger partial charge in [0.2, 0.25) is 0 Å². The maximum Gasteiger partial charge on any atom is 0.263 e. The number of amides is 1. The quantitative estimate of drug-likeness (QED) is 0.420. The standard InChI is InChI=1S/C22H23BrN4O3S/c1-12-4-6-15-18(8-12)31-21-19(15)22(29)27(11-24-21)13(2)20(28)26-25-10-14-5-7-17(30-3)16(23)9-14/h5,7,9-13H,4,6,8H2,1-3H3,(H,26,28)/t12-,13+/m1/s1. The van der Waals surface area contributed by atoms with Crippen molar-refractivity contribution >= 4 is 49.6 Å². The smallest absolute Gasteiger partial charge is 0.263 e. The van der Waals surface area contributed by atoms with Crippen molar-refractivity contribution in [3.8, 4) is 5.75 Å². The first-order valence-electron chi connectivity index (χ1n) is 10.1. The summed E-state index contributed by atoms with van der Waals surface area (Å²) in [7, 11) is 1.59. The van der Waals surface area contributed by atoms with E-state index in [1.807, 2.05) is 12.1 Å². The molecule has 0 bridgehead atoms. The van der Waals surface area contributed by atoms with Crippen LogP contribution in [0.1, 0.15) is 42.3 Å². The predicted molar refractivity (Wildman–Crippen MR) is 126 cm³/mol. The molecule has 0 unspecified atom stereocenters. The zero-order valence-electron chi connectivity index (χ0n) is 17.5. The lowest BCUT2D eigenvalue weighted by Gasteiger charge is -2.18. The average molecular weight is 503 g/mol. The van der Waals surface area contributed by atoms with E-state index in [-0.39, 0.29) is 11.5 Å². The number of thiophene rings is 1. The third kappa shape index (κ3) is 4.29. The number of halogens is 1. The number of hydrazone groups is 1. The normalized spacial score (nSPS) is 17.0. The monoisotopic (exact) mass is 502 g/mol. The molecular weight excluding hydrogens is 480 g/mol. The fraction of sp³-hybridized carbons (Fsp3) is 0.364. The zero-order valence-corrected chi connectivity index (χ0v) is 19.9. The molecule has 2 atom stereocenters. The molecule has 9 heteroatoms. The Labute approximate surface area is 192 Å². The van der Waals surface area contributed by atoms with E-state index >= 15 is 0 Å².